The number of carbonyl (C=O) groups is 1. The van der Waals surface area contributed by atoms with Crippen LogP contribution in [0.25, 0.3) is 0 Å². The fraction of sp³-hybridized carbons (Fsp3) is 0.462. The summed E-state index contributed by atoms with van der Waals surface area (Å²) in [6, 6.07) is 5.63. The second kappa shape index (κ2) is 9.61. The summed E-state index contributed by atoms with van der Waals surface area (Å²) in [5.74, 6) is 0.537. The Balaban J connectivity index is 0.00000324. The highest BCUT2D eigenvalue weighted by Gasteiger charge is 2.07. The van der Waals surface area contributed by atoms with Gasteiger partial charge in [0.2, 0.25) is 5.91 Å². The fourth-order valence-corrected chi connectivity index (χ4v) is 1.43. The molecule has 0 fully saturated rings. The van der Waals surface area contributed by atoms with E-state index in [0.717, 1.165) is 5.56 Å². The molecule has 19 heavy (non-hydrogen) atoms. The van der Waals surface area contributed by atoms with Gasteiger partial charge in [0.15, 0.2) is 0 Å². The van der Waals surface area contributed by atoms with Gasteiger partial charge >= 0.3 is 0 Å². The van der Waals surface area contributed by atoms with Gasteiger partial charge in [0.1, 0.15) is 12.4 Å². The van der Waals surface area contributed by atoms with E-state index in [1.54, 1.807) is 7.11 Å². The number of nitrogens with two attached hydrogens (primary N) is 1. The number of carbonyl (C=O) groups excluding carboxylic acids is 1. The van der Waals surface area contributed by atoms with Crippen molar-refractivity contribution in [1.82, 2.24) is 0 Å². The molecule has 1 aromatic carbocycles. The molecule has 0 heterocycles. The molecule has 0 aromatic heterocycles. The average molecular weight is 289 g/mol. The molecule has 0 aliphatic carbocycles. The van der Waals surface area contributed by atoms with Gasteiger partial charge in [0.05, 0.1) is 12.3 Å². The number of rotatable bonds is 7. The van der Waals surface area contributed by atoms with Gasteiger partial charge in [-0.1, -0.05) is 6.07 Å². The van der Waals surface area contributed by atoms with Crippen molar-refractivity contribution < 1.29 is 14.3 Å². The summed E-state index contributed by atoms with van der Waals surface area (Å²) >= 11 is 0. The molecular weight excluding hydrogens is 268 g/mol. The molecule has 1 aromatic rings. The summed E-state index contributed by atoms with van der Waals surface area (Å²) < 4.78 is 10.5. The lowest BCUT2D eigenvalue weighted by molar-refractivity contribution is -0.116. The molecule has 0 spiro atoms. The van der Waals surface area contributed by atoms with E-state index in [2.05, 4.69) is 5.32 Å². The molecule has 0 aliphatic heterocycles. The van der Waals surface area contributed by atoms with E-state index >= 15 is 0 Å². The second-order valence-electron chi connectivity index (χ2n) is 3.93. The summed E-state index contributed by atoms with van der Waals surface area (Å²) in [7, 11) is 1.61. The minimum absolute atomic E-state index is 0. The van der Waals surface area contributed by atoms with Crippen molar-refractivity contribution >= 4 is 24.0 Å². The van der Waals surface area contributed by atoms with Crippen LogP contribution in [0.2, 0.25) is 0 Å². The number of benzene rings is 1. The van der Waals surface area contributed by atoms with Crippen molar-refractivity contribution in [2.24, 2.45) is 5.73 Å². The Labute approximate surface area is 119 Å². The van der Waals surface area contributed by atoms with Crippen LogP contribution in [0.1, 0.15) is 12.0 Å². The average Bonchev–Trinajstić information content (AvgIpc) is 2.33. The smallest absolute Gasteiger partial charge is 0.225 e. The Morgan fingerprint density at radius 1 is 1.37 bits per heavy atom. The Hall–Kier alpha value is -1.30. The quantitative estimate of drug-likeness (QED) is 0.750. The molecule has 0 radical (unpaired) electrons. The number of halogens is 1. The number of amides is 1. The van der Waals surface area contributed by atoms with E-state index in [-0.39, 0.29) is 18.3 Å². The zero-order valence-corrected chi connectivity index (χ0v) is 12.1. The van der Waals surface area contributed by atoms with Crippen molar-refractivity contribution in [3.05, 3.63) is 23.8 Å². The third-order valence-corrected chi connectivity index (χ3v) is 2.33. The van der Waals surface area contributed by atoms with Crippen molar-refractivity contribution in [2.75, 3.05) is 32.2 Å². The van der Waals surface area contributed by atoms with Gasteiger partial charge < -0.3 is 20.5 Å². The van der Waals surface area contributed by atoms with E-state index in [9.17, 15) is 4.79 Å². The monoisotopic (exact) mass is 288 g/mol. The van der Waals surface area contributed by atoms with Crippen LogP contribution < -0.4 is 15.8 Å². The first-order valence-electron chi connectivity index (χ1n) is 5.89. The van der Waals surface area contributed by atoms with E-state index < -0.39 is 0 Å². The number of methoxy groups -OCH3 is 1. The molecular formula is C13H21ClN2O3. The first-order valence-corrected chi connectivity index (χ1v) is 5.89. The van der Waals surface area contributed by atoms with Gasteiger partial charge in [-0.3, -0.25) is 4.79 Å². The third-order valence-electron chi connectivity index (χ3n) is 2.33. The highest BCUT2D eigenvalue weighted by Crippen LogP contribution is 2.25. The SMILES string of the molecule is COCCOc1cc(C)ccc1NC(=O)CCN.Cl. The van der Waals surface area contributed by atoms with Crippen LogP contribution in [-0.4, -0.2) is 32.8 Å². The standard InChI is InChI=1S/C13H20N2O3.ClH/c1-10-3-4-11(15-13(16)5-6-14)12(9-10)18-8-7-17-2;/h3-4,9H,5-8,14H2,1-2H3,(H,15,16);1H. The summed E-state index contributed by atoms with van der Waals surface area (Å²) in [6.45, 7) is 3.25. The molecule has 108 valence electrons. The Kier molecular flexibility index (Phi) is 8.95. The van der Waals surface area contributed by atoms with Crippen molar-refractivity contribution in [3.8, 4) is 5.75 Å². The van der Waals surface area contributed by atoms with Gasteiger partial charge in [0.25, 0.3) is 0 Å². The number of hydrogen-bond acceptors (Lipinski definition) is 4. The predicted octanol–water partition coefficient (Wildman–Crippen LogP) is 1.73. The first-order chi connectivity index (χ1) is 8.67. The number of ether oxygens (including phenoxy) is 2. The van der Waals surface area contributed by atoms with Crippen LogP contribution in [-0.2, 0) is 9.53 Å². The summed E-state index contributed by atoms with van der Waals surface area (Å²) in [4.78, 5) is 11.5. The lowest BCUT2D eigenvalue weighted by Crippen LogP contribution is -2.17. The van der Waals surface area contributed by atoms with Gasteiger partial charge in [-0.25, -0.2) is 0 Å². The first kappa shape index (κ1) is 17.7. The second-order valence-corrected chi connectivity index (χ2v) is 3.93. The van der Waals surface area contributed by atoms with Crippen LogP contribution in [0.15, 0.2) is 18.2 Å². The highest BCUT2D eigenvalue weighted by molar-refractivity contribution is 5.92. The maximum Gasteiger partial charge on any atom is 0.225 e. The largest absolute Gasteiger partial charge is 0.489 e. The van der Waals surface area contributed by atoms with Crippen molar-refractivity contribution in [2.45, 2.75) is 13.3 Å². The predicted molar refractivity (Wildman–Crippen MR) is 78.1 cm³/mol. The lowest BCUT2D eigenvalue weighted by atomic mass is 10.2. The molecule has 0 unspecified atom stereocenters. The van der Waals surface area contributed by atoms with E-state index in [4.69, 9.17) is 15.2 Å². The summed E-state index contributed by atoms with van der Waals surface area (Å²) in [6.07, 6.45) is 0.297. The van der Waals surface area contributed by atoms with Crippen molar-refractivity contribution in [1.29, 1.82) is 0 Å². The molecule has 0 atom stereocenters. The van der Waals surface area contributed by atoms with E-state index in [1.807, 2.05) is 25.1 Å². The maximum atomic E-state index is 11.5. The topological polar surface area (TPSA) is 73.6 Å². The van der Waals surface area contributed by atoms with Crippen LogP contribution in [0, 0.1) is 6.92 Å². The Bertz CT molecular complexity index is 399. The summed E-state index contributed by atoms with van der Waals surface area (Å²) in [5.41, 5.74) is 7.07. The maximum absolute atomic E-state index is 11.5. The van der Waals surface area contributed by atoms with Crippen LogP contribution >= 0.6 is 12.4 Å². The zero-order valence-electron chi connectivity index (χ0n) is 11.3. The molecule has 0 saturated heterocycles. The van der Waals surface area contributed by atoms with Gasteiger partial charge in [-0.05, 0) is 24.6 Å². The summed E-state index contributed by atoms with van der Waals surface area (Å²) in [5, 5.41) is 2.78. The molecule has 3 N–H and O–H groups in total. The van der Waals surface area contributed by atoms with Gasteiger partial charge in [-0.15, -0.1) is 12.4 Å². The fourth-order valence-electron chi connectivity index (χ4n) is 1.43. The molecule has 0 bridgehead atoms. The molecule has 5 nitrogen and oxygen atoms in total. The zero-order chi connectivity index (χ0) is 13.4. The minimum Gasteiger partial charge on any atom is -0.489 e. The van der Waals surface area contributed by atoms with Crippen molar-refractivity contribution in [3.63, 3.8) is 0 Å². The lowest BCUT2D eigenvalue weighted by Gasteiger charge is -2.13. The highest BCUT2D eigenvalue weighted by atomic mass is 35.5. The minimum atomic E-state index is -0.113. The molecule has 0 aliphatic rings. The molecule has 0 saturated carbocycles. The van der Waals surface area contributed by atoms with E-state index in [1.165, 1.54) is 0 Å². The van der Waals surface area contributed by atoms with Gasteiger partial charge in [-0.2, -0.15) is 0 Å². The number of anilines is 1. The Morgan fingerprint density at radius 2 is 2.11 bits per heavy atom. The third kappa shape index (κ3) is 6.42. The van der Waals surface area contributed by atoms with Crippen LogP contribution in [0.5, 0.6) is 5.75 Å². The van der Waals surface area contributed by atoms with Crippen LogP contribution in [0.4, 0.5) is 5.69 Å². The van der Waals surface area contributed by atoms with Gasteiger partial charge in [0, 0.05) is 20.1 Å². The molecule has 1 rings (SSSR count). The van der Waals surface area contributed by atoms with Crippen LogP contribution in [0.3, 0.4) is 0 Å². The number of nitrogens with one attached hydrogen (secondary N) is 1. The number of hydrogen-bond donors (Lipinski definition) is 2. The molecule has 1 amide bonds. The Morgan fingerprint density at radius 3 is 2.74 bits per heavy atom. The normalized spacial score (nSPS) is 9.63. The molecule has 6 heteroatoms. The number of aryl methyl sites for hydroxylation is 1. The van der Waals surface area contributed by atoms with E-state index in [0.29, 0.717) is 37.6 Å².